The number of hydrogen-bond acceptors (Lipinski definition) is 2. The van der Waals surface area contributed by atoms with Gasteiger partial charge in [-0.1, -0.05) is 42.8 Å². The number of carbonyl (C=O) groups is 1. The van der Waals surface area contributed by atoms with Crippen LogP contribution in [0.15, 0.2) is 48.5 Å². The van der Waals surface area contributed by atoms with E-state index in [9.17, 15) is 4.79 Å². The van der Waals surface area contributed by atoms with E-state index in [0.29, 0.717) is 5.56 Å². The Bertz CT molecular complexity index is 593. The summed E-state index contributed by atoms with van der Waals surface area (Å²) in [5, 5.41) is 4.26. The summed E-state index contributed by atoms with van der Waals surface area (Å²) >= 11 is 5.91. The molecule has 0 fully saturated rings. The van der Waals surface area contributed by atoms with E-state index in [2.05, 4.69) is 12.2 Å². The molecule has 1 amide bonds. The van der Waals surface area contributed by atoms with Gasteiger partial charge in [-0.25, -0.2) is 0 Å². The second kappa shape index (κ2) is 7.25. The van der Waals surface area contributed by atoms with Crippen molar-refractivity contribution in [2.45, 2.75) is 25.9 Å². The maximum absolute atomic E-state index is 11.0. The van der Waals surface area contributed by atoms with Gasteiger partial charge in [-0.15, -0.1) is 0 Å². The Morgan fingerprint density at radius 2 is 1.76 bits per heavy atom. The van der Waals surface area contributed by atoms with E-state index in [1.807, 2.05) is 36.4 Å². The fourth-order valence-electron chi connectivity index (χ4n) is 2.22. The van der Waals surface area contributed by atoms with Crippen LogP contribution < -0.4 is 11.1 Å². The summed E-state index contributed by atoms with van der Waals surface area (Å²) in [5.74, 6) is -0.401. The van der Waals surface area contributed by atoms with Crippen LogP contribution in [0.3, 0.4) is 0 Å². The highest BCUT2D eigenvalue weighted by molar-refractivity contribution is 6.30. The van der Waals surface area contributed by atoms with Crippen molar-refractivity contribution in [2.24, 2.45) is 5.73 Å². The number of hydrogen-bond donors (Lipinski definition) is 2. The molecule has 0 unspecified atom stereocenters. The Morgan fingerprint density at radius 3 is 2.29 bits per heavy atom. The minimum atomic E-state index is -0.401. The van der Waals surface area contributed by atoms with E-state index in [0.717, 1.165) is 23.6 Å². The molecule has 3 N–H and O–H groups in total. The molecule has 0 saturated heterocycles. The molecule has 1 atom stereocenters. The van der Waals surface area contributed by atoms with Crippen LogP contribution in [0.5, 0.6) is 0 Å². The van der Waals surface area contributed by atoms with Gasteiger partial charge in [0.1, 0.15) is 0 Å². The lowest BCUT2D eigenvalue weighted by atomic mass is 10.0. The van der Waals surface area contributed by atoms with Gasteiger partial charge in [-0.2, -0.15) is 0 Å². The van der Waals surface area contributed by atoms with Crippen LogP contribution in [0.4, 0.5) is 0 Å². The van der Waals surface area contributed by atoms with Crippen LogP contribution in [-0.4, -0.2) is 5.91 Å². The predicted octanol–water partition coefficient (Wildman–Crippen LogP) is 3.68. The van der Waals surface area contributed by atoms with Gasteiger partial charge in [0.2, 0.25) is 5.91 Å². The van der Waals surface area contributed by atoms with Gasteiger partial charge in [0.15, 0.2) is 0 Å². The quantitative estimate of drug-likeness (QED) is 0.855. The van der Waals surface area contributed by atoms with Crippen LogP contribution in [-0.2, 0) is 6.54 Å². The molecular formula is C17H19ClN2O. The molecule has 0 spiro atoms. The summed E-state index contributed by atoms with van der Waals surface area (Å²) in [6, 6.07) is 15.5. The van der Waals surface area contributed by atoms with Crippen molar-refractivity contribution < 1.29 is 4.79 Å². The monoisotopic (exact) mass is 302 g/mol. The first-order valence-corrected chi connectivity index (χ1v) is 7.35. The lowest BCUT2D eigenvalue weighted by molar-refractivity contribution is 0.100. The van der Waals surface area contributed by atoms with E-state index < -0.39 is 5.91 Å². The molecule has 0 bridgehead atoms. The second-order valence-electron chi connectivity index (χ2n) is 4.95. The molecule has 2 aromatic rings. The summed E-state index contributed by atoms with van der Waals surface area (Å²) in [5.41, 5.74) is 8.10. The molecule has 2 rings (SSSR count). The Labute approximate surface area is 130 Å². The molecular weight excluding hydrogens is 284 g/mol. The number of nitrogens with two attached hydrogens (primary N) is 1. The number of benzene rings is 2. The van der Waals surface area contributed by atoms with Gasteiger partial charge in [-0.05, 0) is 41.8 Å². The standard InChI is InChI=1S/C17H19ClN2O/c1-2-16(13-7-9-15(18)10-8-13)20-11-12-3-5-14(6-4-12)17(19)21/h3-10,16,20H,2,11H2,1H3,(H2,19,21)/t16-/m0/s1. The third-order valence-electron chi connectivity index (χ3n) is 3.47. The second-order valence-corrected chi connectivity index (χ2v) is 5.39. The van der Waals surface area contributed by atoms with Gasteiger partial charge in [0, 0.05) is 23.2 Å². The van der Waals surface area contributed by atoms with Crippen molar-refractivity contribution in [2.75, 3.05) is 0 Å². The van der Waals surface area contributed by atoms with Crippen LogP contribution in [0.1, 0.15) is 40.9 Å². The highest BCUT2D eigenvalue weighted by Crippen LogP contribution is 2.19. The molecule has 0 heterocycles. The Hall–Kier alpha value is -1.84. The normalized spacial score (nSPS) is 12.1. The number of halogens is 1. The van der Waals surface area contributed by atoms with E-state index >= 15 is 0 Å². The molecule has 0 saturated carbocycles. The van der Waals surface area contributed by atoms with E-state index in [-0.39, 0.29) is 6.04 Å². The van der Waals surface area contributed by atoms with Gasteiger partial charge in [-0.3, -0.25) is 4.79 Å². The zero-order chi connectivity index (χ0) is 15.2. The number of rotatable bonds is 6. The summed E-state index contributed by atoms with van der Waals surface area (Å²) in [4.78, 5) is 11.0. The summed E-state index contributed by atoms with van der Waals surface area (Å²) in [6.45, 7) is 2.88. The lowest BCUT2D eigenvalue weighted by Gasteiger charge is -2.17. The highest BCUT2D eigenvalue weighted by Gasteiger charge is 2.08. The van der Waals surface area contributed by atoms with Gasteiger partial charge in [0.25, 0.3) is 0 Å². The summed E-state index contributed by atoms with van der Waals surface area (Å²) in [6.07, 6.45) is 0.987. The van der Waals surface area contributed by atoms with Crippen molar-refractivity contribution in [1.29, 1.82) is 0 Å². The summed E-state index contributed by atoms with van der Waals surface area (Å²) in [7, 11) is 0. The molecule has 3 nitrogen and oxygen atoms in total. The average Bonchev–Trinajstić information content (AvgIpc) is 2.50. The molecule has 0 radical (unpaired) electrons. The van der Waals surface area contributed by atoms with Crippen molar-refractivity contribution in [3.63, 3.8) is 0 Å². The molecule has 0 aliphatic heterocycles. The Morgan fingerprint density at radius 1 is 1.14 bits per heavy atom. The van der Waals surface area contributed by atoms with Crippen LogP contribution >= 0.6 is 11.6 Å². The van der Waals surface area contributed by atoms with Crippen molar-refractivity contribution in [3.8, 4) is 0 Å². The average molecular weight is 303 g/mol. The molecule has 0 aliphatic rings. The first kappa shape index (κ1) is 15.5. The molecule has 21 heavy (non-hydrogen) atoms. The molecule has 0 aromatic heterocycles. The van der Waals surface area contributed by atoms with Crippen molar-refractivity contribution >= 4 is 17.5 Å². The van der Waals surface area contributed by atoms with E-state index in [1.54, 1.807) is 12.1 Å². The highest BCUT2D eigenvalue weighted by atomic mass is 35.5. The zero-order valence-corrected chi connectivity index (χ0v) is 12.7. The number of carbonyl (C=O) groups excluding carboxylic acids is 1. The molecule has 110 valence electrons. The van der Waals surface area contributed by atoms with Crippen LogP contribution in [0, 0.1) is 0 Å². The smallest absolute Gasteiger partial charge is 0.248 e. The van der Waals surface area contributed by atoms with Crippen LogP contribution in [0.25, 0.3) is 0 Å². The Kier molecular flexibility index (Phi) is 5.37. The number of nitrogens with one attached hydrogen (secondary N) is 1. The molecule has 4 heteroatoms. The van der Waals surface area contributed by atoms with Gasteiger partial charge >= 0.3 is 0 Å². The van der Waals surface area contributed by atoms with Gasteiger partial charge in [0.05, 0.1) is 0 Å². The first-order valence-electron chi connectivity index (χ1n) is 6.97. The Balaban J connectivity index is 1.99. The topological polar surface area (TPSA) is 55.1 Å². The first-order chi connectivity index (χ1) is 10.1. The van der Waals surface area contributed by atoms with E-state index in [4.69, 9.17) is 17.3 Å². The maximum atomic E-state index is 11.0. The zero-order valence-electron chi connectivity index (χ0n) is 12.0. The molecule has 2 aromatic carbocycles. The number of amides is 1. The minimum absolute atomic E-state index is 0.276. The fourth-order valence-corrected chi connectivity index (χ4v) is 2.35. The lowest BCUT2D eigenvalue weighted by Crippen LogP contribution is -2.20. The summed E-state index contributed by atoms with van der Waals surface area (Å²) < 4.78 is 0. The van der Waals surface area contributed by atoms with Crippen molar-refractivity contribution in [3.05, 3.63) is 70.2 Å². The fraction of sp³-hybridized carbons (Fsp3) is 0.235. The molecule has 0 aliphatic carbocycles. The van der Waals surface area contributed by atoms with Gasteiger partial charge < -0.3 is 11.1 Å². The predicted molar refractivity (Wildman–Crippen MR) is 86.3 cm³/mol. The SMILES string of the molecule is CC[C@H](NCc1ccc(C(N)=O)cc1)c1ccc(Cl)cc1. The van der Waals surface area contributed by atoms with Crippen LogP contribution in [0.2, 0.25) is 5.02 Å². The number of primary amides is 1. The van der Waals surface area contributed by atoms with Crippen molar-refractivity contribution in [1.82, 2.24) is 5.32 Å². The maximum Gasteiger partial charge on any atom is 0.248 e. The third kappa shape index (κ3) is 4.31. The third-order valence-corrected chi connectivity index (χ3v) is 3.72. The minimum Gasteiger partial charge on any atom is -0.366 e. The van der Waals surface area contributed by atoms with E-state index in [1.165, 1.54) is 5.56 Å². The largest absolute Gasteiger partial charge is 0.366 e.